The summed E-state index contributed by atoms with van der Waals surface area (Å²) in [6.07, 6.45) is 3.79. The van der Waals surface area contributed by atoms with Crippen LogP contribution in [0.2, 0.25) is 0 Å². The number of hydrogen-bond acceptors (Lipinski definition) is 3. The van der Waals surface area contributed by atoms with E-state index in [9.17, 15) is 23.7 Å². The fraction of sp³-hybridized carbons (Fsp3) is 0.462. The zero-order valence-corrected chi connectivity index (χ0v) is 13.4. The van der Waals surface area contributed by atoms with Crippen LogP contribution in [-0.2, 0) is 0 Å². The molecule has 0 aliphatic carbocycles. The minimum absolute atomic E-state index is 0.323. The number of benzene rings is 1. The summed E-state index contributed by atoms with van der Waals surface area (Å²) in [4.78, 5) is 21.3. The maximum absolute atomic E-state index is 13.8. The first-order chi connectivity index (χ1) is 9.97. The number of hydrogen-bond donors (Lipinski definition) is 1. The van der Waals surface area contributed by atoms with Crippen molar-refractivity contribution >= 4 is 34.2 Å². The lowest BCUT2D eigenvalue weighted by atomic mass is 10.1. The van der Waals surface area contributed by atoms with Gasteiger partial charge >= 0.3 is 5.69 Å². The molecule has 0 aliphatic rings. The topological polar surface area (TPSA) is 72.2 Å². The average Bonchev–Trinajstić information content (AvgIpc) is 2.44. The van der Waals surface area contributed by atoms with Gasteiger partial charge in [-0.2, -0.15) is 4.39 Å². The molecule has 0 aliphatic heterocycles. The lowest BCUT2D eigenvalue weighted by Crippen LogP contribution is -2.25. The van der Waals surface area contributed by atoms with Gasteiger partial charge in [0.1, 0.15) is 5.82 Å². The number of nitro groups is 1. The number of alkyl halides is 1. The Kier molecular flexibility index (Phi) is 7.48. The normalized spacial score (nSPS) is 10.4. The molecular weight excluding hydrogens is 397 g/mol. The molecule has 1 aromatic carbocycles. The fourth-order valence-electron chi connectivity index (χ4n) is 1.74. The van der Waals surface area contributed by atoms with Gasteiger partial charge in [0, 0.05) is 6.54 Å². The van der Waals surface area contributed by atoms with Crippen molar-refractivity contribution in [3.63, 3.8) is 0 Å². The molecule has 1 aromatic rings. The predicted molar refractivity (Wildman–Crippen MR) is 82.7 cm³/mol. The summed E-state index contributed by atoms with van der Waals surface area (Å²) in [5, 5.41) is 13.0. The highest BCUT2D eigenvalue weighted by Crippen LogP contribution is 2.22. The van der Waals surface area contributed by atoms with Gasteiger partial charge in [-0.05, 0) is 23.3 Å². The highest BCUT2D eigenvalue weighted by Gasteiger charge is 2.23. The molecule has 116 valence electrons. The quantitative estimate of drug-likeness (QED) is 0.233. The average molecular weight is 412 g/mol. The highest BCUT2D eigenvalue weighted by molar-refractivity contribution is 14.1. The SMILES string of the molecule is O=C(NCCCCCCI)c1cc(F)cc([N+](=O)[O-])c1F. The van der Waals surface area contributed by atoms with Crippen molar-refractivity contribution in [3.05, 3.63) is 39.4 Å². The number of unbranched alkanes of at least 4 members (excludes halogenated alkanes) is 3. The molecule has 0 heterocycles. The van der Waals surface area contributed by atoms with Gasteiger partial charge in [-0.1, -0.05) is 35.4 Å². The van der Waals surface area contributed by atoms with E-state index in [2.05, 4.69) is 27.9 Å². The van der Waals surface area contributed by atoms with E-state index in [0.29, 0.717) is 18.7 Å². The highest BCUT2D eigenvalue weighted by atomic mass is 127. The second-order valence-electron chi connectivity index (χ2n) is 4.40. The maximum Gasteiger partial charge on any atom is 0.308 e. The summed E-state index contributed by atoms with van der Waals surface area (Å²) in [5.74, 6) is -3.18. The van der Waals surface area contributed by atoms with Crippen molar-refractivity contribution in [3.8, 4) is 0 Å². The van der Waals surface area contributed by atoms with Gasteiger partial charge in [0.15, 0.2) is 0 Å². The first-order valence-corrected chi connectivity index (χ1v) is 7.97. The van der Waals surface area contributed by atoms with Crippen molar-refractivity contribution in [1.82, 2.24) is 5.32 Å². The minimum atomic E-state index is -1.32. The Hall–Kier alpha value is -1.32. The number of amides is 1. The molecule has 0 saturated heterocycles. The summed E-state index contributed by atoms with van der Waals surface area (Å²) in [6, 6.07) is 1.11. The molecule has 0 unspecified atom stereocenters. The molecule has 0 atom stereocenters. The Labute approximate surface area is 134 Å². The lowest BCUT2D eigenvalue weighted by Gasteiger charge is -2.06. The molecule has 0 bridgehead atoms. The number of carbonyl (C=O) groups is 1. The summed E-state index contributed by atoms with van der Waals surface area (Å²) in [5.41, 5.74) is -1.68. The van der Waals surface area contributed by atoms with E-state index in [0.717, 1.165) is 30.1 Å². The Bertz CT molecular complexity index is 526. The van der Waals surface area contributed by atoms with Crippen molar-refractivity contribution in [2.75, 3.05) is 11.0 Å². The van der Waals surface area contributed by atoms with Crippen LogP contribution in [0.4, 0.5) is 14.5 Å². The van der Waals surface area contributed by atoms with Crippen LogP contribution in [0, 0.1) is 21.7 Å². The molecule has 1 amide bonds. The van der Waals surface area contributed by atoms with Crippen molar-refractivity contribution in [1.29, 1.82) is 0 Å². The number of rotatable bonds is 8. The molecule has 1 N–H and O–H groups in total. The third-order valence-electron chi connectivity index (χ3n) is 2.81. The summed E-state index contributed by atoms with van der Waals surface area (Å²) in [6.45, 7) is 0.323. The van der Waals surface area contributed by atoms with E-state index in [1.165, 1.54) is 0 Å². The van der Waals surface area contributed by atoms with Crippen LogP contribution in [-0.4, -0.2) is 21.8 Å². The number of nitro benzene ring substituents is 1. The molecule has 21 heavy (non-hydrogen) atoms. The zero-order valence-electron chi connectivity index (χ0n) is 11.2. The largest absolute Gasteiger partial charge is 0.352 e. The summed E-state index contributed by atoms with van der Waals surface area (Å²) >= 11 is 2.28. The molecule has 5 nitrogen and oxygen atoms in total. The first-order valence-electron chi connectivity index (χ1n) is 6.45. The van der Waals surface area contributed by atoms with E-state index in [-0.39, 0.29) is 0 Å². The molecular formula is C13H15F2IN2O3. The van der Waals surface area contributed by atoms with Crippen LogP contribution in [0.5, 0.6) is 0 Å². The Morgan fingerprint density at radius 1 is 1.24 bits per heavy atom. The Balaban J connectivity index is 2.64. The van der Waals surface area contributed by atoms with Crippen LogP contribution >= 0.6 is 22.6 Å². The van der Waals surface area contributed by atoms with E-state index < -0.39 is 33.7 Å². The summed E-state index contributed by atoms with van der Waals surface area (Å²) < 4.78 is 28.0. The van der Waals surface area contributed by atoms with Crippen molar-refractivity contribution < 1.29 is 18.5 Å². The molecule has 1 rings (SSSR count). The number of halogens is 3. The predicted octanol–water partition coefficient (Wildman–Crippen LogP) is 3.60. The first kappa shape index (κ1) is 17.7. The van der Waals surface area contributed by atoms with Crippen LogP contribution < -0.4 is 5.32 Å². The molecule has 0 aromatic heterocycles. The zero-order chi connectivity index (χ0) is 15.8. The third kappa shape index (κ3) is 5.52. The van der Waals surface area contributed by atoms with Crippen molar-refractivity contribution in [2.45, 2.75) is 25.7 Å². The van der Waals surface area contributed by atoms with Gasteiger partial charge in [0.2, 0.25) is 5.82 Å². The molecule has 0 fully saturated rings. The van der Waals surface area contributed by atoms with Crippen LogP contribution in [0.3, 0.4) is 0 Å². The van der Waals surface area contributed by atoms with E-state index in [1.54, 1.807) is 0 Å². The van der Waals surface area contributed by atoms with E-state index in [1.807, 2.05) is 0 Å². The number of nitrogens with zero attached hydrogens (tertiary/aromatic N) is 1. The standard InChI is InChI=1S/C13H15F2IN2O3/c14-9-7-10(12(15)11(8-9)18(20)21)13(19)17-6-4-2-1-3-5-16/h7-8H,1-6H2,(H,17,19). The molecule has 0 saturated carbocycles. The number of carbonyl (C=O) groups excluding carboxylic acids is 1. The van der Waals surface area contributed by atoms with Gasteiger partial charge in [0.25, 0.3) is 5.91 Å². The van der Waals surface area contributed by atoms with Gasteiger partial charge in [-0.15, -0.1) is 0 Å². The van der Waals surface area contributed by atoms with E-state index >= 15 is 0 Å². The Morgan fingerprint density at radius 2 is 1.90 bits per heavy atom. The second kappa shape index (κ2) is 8.85. The fourth-order valence-corrected chi connectivity index (χ4v) is 2.28. The lowest BCUT2D eigenvalue weighted by molar-refractivity contribution is -0.387. The second-order valence-corrected chi connectivity index (χ2v) is 5.48. The van der Waals surface area contributed by atoms with Gasteiger partial charge < -0.3 is 5.32 Å². The third-order valence-corrected chi connectivity index (χ3v) is 3.57. The smallest absolute Gasteiger partial charge is 0.308 e. The Morgan fingerprint density at radius 3 is 2.52 bits per heavy atom. The summed E-state index contributed by atoms with van der Waals surface area (Å²) in [7, 11) is 0. The van der Waals surface area contributed by atoms with Gasteiger partial charge in [0.05, 0.1) is 16.6 Å². The van der Waals surface area contributed by atoms with E-state index in [4.69, 9.17) is 0 Å². The van der Waals surface area contributed by atoms with Crippen LogP contribution in [0.25, 0.3) is 0 Å². The molecule has 0 radical (unpaired) electrons. The minimum Gasteiger partial charge on any atom is -0.352 e. The number of nitrogens with one attached hydrogen (secondary N) is 1. The van der Waals surface area contributed by atoms with Crippen LogP contribution in [0.1, 0.15) is 36.0 Å². The van der Waals surface area contributed by atoms with Gasteiger partial charge in [-0.25, -0.2) is 4.39 Å². The van der Waals surface area contributed by atoms with Crippen LogP contribution in [0.15, 0.2) is 12.1 Å². The molecule has 8 heteroatoms. The van der Waals surface area contributed by atoms with Gasteiger partial charge in [-0.3, -0.25) is 14.9 Å². The monoisotopic (exact) mass is 412 g/mol. The van der Waals surface area contributed by atoms with Crippen molar-refractivity contribution in [2.24, 2.45) is 0 Å². The maximum atomic E-state index is 13.8. The molecule has 0 spiro atoms.